The molecule has 1 unspecified atom stereocenters. The molecule has 0 radical (unpaired) electrons. The molecule has 15 heavy (non-hydrogen) atoms. The van der Waals surface area contributed by atoms with Gasteiger partial charge in [-0.15, -0.1) is 5.10 Å². The highest BCUT2D eigenvalue weighted by Gasteiger charge is 2.10. The van der Waals surface area contributed by atoms with Crippen LogP contribution in [-0.2, 0) is 4.79 Å². The van der Waals surface area contributed by atoms with E-state index in [1.807, 2.05) is 10.1 Å². The van der Waals surface area contributed by atoms with Crippen LogP contribution in [0, 0.1) is 0 Å². The van der Waals surface area contributed by atoms with Gasteiger partial charge in [0.2, 0.25) is 5.82 Å². The zero-order chi connectivity index (χ0) is 11.4. The van der Waals surface area contributed by atoms with Gasteiger partial charge in [-0.3, -0.25) is 14.6 Å². The van der Waals surface area contributed by atoms with Gasteiger partial charge in [-0.1, -0.05) is 0 Å². The molecule has 8 nitrogen and oxygen atoms in total. The predicted octanol–water partition coefficient (Wildman–Crippen LogP) is -1.27. The summed E-state index contributed by atoms with van der Waals surface area (Å²) in [6.07, 6.45) is -0.153. The van der Waals surface area contributed by atoms with Crippen LogP contribution in [-0.4, -0.2) is 32.3 Å². The summed E-state index contributed by atoms with van der Waals surface area (Å²) in [6, 6.07) is -0.456. The maximum Gasteiger partial charge on any atom is 0.342 e. The lowest BCUT2D eigenvalue weighted by molar-refractivity contribution is -0.137. The summed E-state index contributed by atoms with van der Waals surface area (Å²) in [5, 5.41) is 16.5. The smallest absolute Gasteiger partial charge is 0.342 e. The Morgan fingerprint density at radius 2 is 2.27 bits per heavy atom. The van der Waals surface area contributed by atoms with E-state index in [2.05, 4.69) is 10.4 Å². The van der Waals surface area contributed by atoms with E-state index >= 15 is 0 Å². The molecule has 0 aliphatic carbocycles. The molecular weight excluding hydrogens is 204 g/mol. The predicted molar refractivity (Wildman–Crippen MR) is 50.8 cm³/mol. The number of aromatic amines is 2. The number of aromatic nitrogens is 3. The lowest BCUT2D eigenvalue weighted by Gasteiger charge is -2.09. The largest absolute Gasteiger partial charge is 0.481 e. The second-order valence-electron chi connectivity index (χ2n) is 3.00. The molecule has 1 heterocycles. The van der Waals surface area contributed by atoms with Gasteiger partial charge < -0.3 is 10.4 Å². The molecule has 1 aromatic rings. The first-order valence-electron chi connectivity index (χ1n) is 4.16. The van der Waals surface area contributed by atoms with Crippen LogP contribution < -0.4 is 16.6 Å². The SMILES string of the molecule is CC(CC(=O)O)Nc1n[nH]c(=O)[nH]c1=O. The van der Waals surface area contributed by atoms with Crippen LogP contribution in [0.15, 0.2) is 9.59 Å². The number of rotatable bonds is 4. The van der Waals surface area contributed by atoms with Crippen molar-refractivity contribution in [2.45, 2.75) is 19.4 Å². The van der Waals surface area contributed by atoms with Crippen molar-refractivity contribution in [3.05, 3.63) is 20.8 Å². The number of nitrogens with one attached hydrogen (secondary N) is 3. The number of anilines is 1. The normalized spacial score (nSPS) is 12.1. The second-order valence-corrected chi connectivity index (χ2v) is 3.00. The summed E-state index contributed by atoms with van der Waals surface area (Å²) in [5.74, 6) is -1.10. The second kappa shape index (κ2) is 4.40. The quantitative estimate of drug-likeness (QED) is 0.495. The molecule has 0 fully saturated rings. The zero-order valence-corrected chi connectivity index (χ0v) is 7.90. The molecule has 0 amide bonds. The fraction of sp³-hybridized carbons (Fsp3) is 0.429. The number of aliphatic carboxylic acids is 1. The number of carboxylic acid groups (broad SMARTS) is 1. The van der Waals surface area contributed by atoms with Gasteiger partial charge in [0, 0.05) is 6.04 Å². The van der Waals surface area contributed by atoms with E-state index in [4.69, 9.17) is 5.11 Å². The molecule has 4 N–H and O–H groups in total. The van der Waals surface area contributed by atoms with E-state index in [1.54, 1.807) is 6.92 Å². The summed E-state index contributed by atoms with van der Waals surface area (Å²) in [5.41, 5.74) is -1.40. The van der Waals surface area contributed by atoms with Crippen LogP contribution in [0.4, 0.5) is 5.82 Å². The van der Waals surface area contributed by atoms with Crippen LogP contribution >= 0.6 is 0 Å². The minimum absolute atomic E-state index is 0.108. The summed E-state index contributed by atoms with van der Waals surface area (Å²) in [7, 11) is 0. The van der Waals surface area contributed by atoms with E-state index in [0.29, 0.717) is 0 Å². The van der Waals surface area contributed by atoms with Crippen molar-refractivity contribution in [2.24, 2.45) is 0 Å². The fourth-order valence-electron chi connectivity index (χ4n) is 0.992. The first kappa shape index (κ1) is 11.0. The van der Waals surface area contributed by atoms with E-state index in [1.165, 1.54) is 0 Å². The molecule has 1 atom stereocenters. The third kappa shape index (κ3) is 3.25. The van der Waals surface area contributed by atoms with Gasteiger partial charge in [0.05, 0.1) is 6.42 Å². The maximum absolute atomic E-state index is 11.1. The van der Waals surface area contributed by atoms with Crippen molar-refractivity contribution in [3.63, 3.8) is 0 Å². The summed E-state index contributed by atoms with van der Waals surface area (Å²) < 4.78 is 0. The van der Waals surface area contributed by atoms with Crippen molar-refractivity contribution in [3.8, 4) is 0 Å². The third-order valence-corrected chi connectivity index (χ3v) is 1.58. The number of H-pyrrole nitrogens is 2. The minimum atomic E-state index is -0.990. The molecule has 0 saturated carbocycles. The van der Waals surface area contributed by atoms with Crippen molar-refractivity contribution in [1.29, 1.82) is 0 Å². The van der Waals surface area contributed by atoms with Crippen molar-refractivity contribution in [1.82, 2.24) is 15.2 Å². The molecule has 1 aromatic heterocycles. The Kier molecular flexibility index (Phi) is 3.21. The average molecular weight is 214 g/mol. The number of hydrogen-bond donors (Lipinski definition) is 4. The van der Waals surface area contributed by atoms with Gasteiger partial charge in [0.15, 0.2) is 0 Å². The highest BCUT2D eigenvalue weighted by atomic mass is 16.4. The Bertz CT molecular complexity index is 463. The Balaban J connectivity index is 2.77. The van der Waals surface area contributed by atoms with E-state index in [0.717, 1.165) is 0 Å². The molecule has 0 aliphatic heterocycles. The highest BCUT2D eigenvalue weighted by molar-refractivity contribution is 5.68. The Morgan fingerprint density at radius 1 is 1.60 bits per heavy atom. The molecule has 8 heteroatoms. The standard InChI is InChI=1S/C7H10N4O4/c1-3(2-4(12)13)8-5-6(14)9-7(15)11-10-5/h3H,2H2,1H3,(H,8,10)(H,12,13)(H2,9,11,14,15). The Labute approximate surface area is 83.3 Å². The molecule has 0 bridgehead atoms. The van der Waals surface area contributed by atoms with E-state index < -0.39 is 23.3 Å². The van der Waals surface area contributed by atoms with Crippen LogP contribution in [0.3, 0.4) is 0 Å². The van der Waals surface area contributed by atoms with Crippen molar-refractivity contribution in [2.75, 3.05) is 5.32 Å². The lowest BCUT2D eigenvalue weighted by atomic mass is 10.2. The van der Waals surface area contributed by atoms with Crippen LogP contribution in [0.5, 0.6) is 0 Å². The van der Waals surface area contributed by atoms with E-state index in [9.17, 15) is 14.4 Å². The maximum atomic E-state index is 11.1. The number of nitrogens with zero attached hydrogens (tertiary/aromatic N) is 1. The van der Waals surface area contributed by atoms with Crippen LogP contribution in [0.1, 0.15) is 13.3 Å². The Morgan fingerprint density at radius 3 is 2.80 bits per heavy atom. The van der Waals surface area contributed by atoms with Gasteiger partial charge in [-0.25, -0.2) is 9.89 Å². The topological polar surface area (TPSA) is 128 Å². The third-order valence-electron chi connectivity index (χ3n) is 1.58. The van der Waals surface area contributed by atoms with Crippen molar-refractivity contribution < 1.29 is 9.90 Å². The van der Waals surface area contributed by atoms with Crippen LogP contribution in [0.25, 0.3) is 0 Å². The molecule has 0 aliphatic rings. The van der Waals surface area contributed by atoms with E-state index in [-0.39, 0.29) is 12.2 Å². The molecule has 1 rings (SSSR count). The summed E-state index contributed by atoms with van der Waals surface area (Å²) in [4.78, 5) is 34.0. The summed E-state index contributed by atoms with van der Waals surface area (Å²) in [6.45, 7) is 1.58. The average Bonchev–Trinajstić information content (AvgIpc) is 2.08. The van der Waals surface area contributed by atoms with Gasteiger partial charge >= 0.3 is 11.7 Å². The number of hydrogen-bond acceptors (Lipinski definition) is 5. The molecule has 0 spiro atoms. The Hall–Kier alpha value is -2.12. The minimum Gasteiger partial charge on any atom is -0.481 e. The van der Waals surface area contributed by atoms with Crippen LogP contribution in [0.2, 0.25) is 0 Å². The number of carbonyl (C=O) groups is 1. The molecule has 0 saturated heterocycles. The van der Waals surface area contributed by atoms with Gasteiger partial charge in [0.25, 0.3) is 5.56 Å². The fourth-order valence-corrected chi connectivity index (χ4v) is 0.992. The molecular formula is C7H10N4O4. The zero-order valence-electron chi connectivity index (χ0n) is 7.90. The summed E-state index contributed by atoms with van der Waals surface area (Å²) >= 11 is 0. The number of carboxylic acids is 1. The first-order chi connectivity index (χ1) is 6.99. The highest BCUT2D eigenvalue weighted by Crippen LogP contribution is 1.97. The van der Waals surface area contributed by atoms with Gasteiger partial charge in [-0.2, -0.15) is 0 Å². The molecule has 0 aromatic carbocycles. The lowest BCUT2D eigenvalue weighted by Crippen LogP contribution is -2.30. The molecule has 82 valence electrons. The van der Waals surface area contributed by atoms with Gasteiger partial charge in [0.1, 0.15) is 0 Å². The van der Waals surface area contributed by atoms with Crippen molar-refractivity contribution >= 4 is 11.8 Å². The monoisotopic (exact) mass is 214 g/mol. The first-order valence-corrected chi connectivity index (χ1v) is 4.16. The van der Waals surface area contributed by atoms with Gasteiger partial charge in [-0.05, 0) is 6.92 Å².